The lowest BCUT2D eigenvalue weighted by atomic mass is 10.1. The lowest BCUT2D eigenvalue weighted by Gasteiger charge is -2.23. The van der Waals surface area contributed by atoms with Gasteiger partial charge in [-0.2, -0.15) is 0 Å². The van der Waals surface area contributed by atoms with E-state index in [1.54, 1.807) is 53.4 Å². The maximum absolute atomic E-state index is 13.1. The minimum atomic E-state index is -0.608. The van der Waals surface area contributed by atoms with Crippen LogP contribution in [0.1, 0.15) is 28.8 Å². The number of nitrogens with two attached hydrogens (primary N) is 1. The molecule has 29 heavy (non-hydrogen) atoms. The highest BCUT2D eigenvalue weighted by molar-refractivity contribution is 5.92. The van der Waals surface area contributed by atoms with Crippen molar-refractivity contribution in [2.75, 3.05) is 0 Å². The second-order valence-corrected chi connectivity index (χ2v) is 7.18. The molecule has 0 atom stereocenters. The van der Waals surface area contributed by atoms with Crippen LogP contribution in [0, 0.1) is 0 Å². The minimum Gasteiger partial charge on any atom is -0.366 e. The molecule has 1 aliphatic carbocycles. The van der Waals surface area contributed by atoms with Crippen LogP contribution in [-0.2, 0) is 17.9 Å². The normalized spacial score (nSPS) is 13.4. The standard InChI is InChI=1S/C21H20N4O4/c22-19(27)14-7-5-13(6-8-14)11-24(15-9-10-15)18(26)12-25-17-4-2-1-3-16(17)20(28)23-21(25)29/h1-8,15H,9-12H2,(H2,22,27)(H,23,28,29). The van der Waals surface area contributed by atoms with E-state index in [9.17, 15) is 19.2 Å². The molecule has 0 unspecified atom stereocenters. The Bertz CT molecular complexity index is 1210. The summed E-state index contributed by atoms with van der Waals surface area (Å²) in [6.45, 7) is 0.213. The lowest BCUT2D eigenvalue weighted by Crippen LogP contribution is -2.39. The van der Waals surface area contributed by atoms with E-state index in [1.165, 1.54) is 4.57 Å². The Kier molecular flexibility index (Phi) is 4.75. The molecular weight excluding hydrogens is 372 g/mol. The molecule has 1 saturated carbocycles. The minimum absolute atomic E-state index is 0.128. The molecule has 0 radical (unpaired) electrons. The Morgan fingerprint density at radius 1 is 1.07 bits per heavy atom. The number of hydrogen-bond acceptors (Lipinski definition) is 4. The average molecular weight is 392 g/mol. The van der Waals surface area contributed by atoms with Gasteiger partial charge in [-0.05, 0) is 42.7 Å². The van der Waals surface area contributed by atoms with Gasteiger partial charge < -0.3 is 10.6 Å². The van der Waals surface area contributed by atoms with E-state index >= 15 is 0 Å². The molecule has 3 aromatic rings. The predicted octanol–water partition coefficient (Wildman–Crippen LogP) is 0.980. The number of carbonyl (C=O) groups excluding carboxylic acids is 2. The zero-order chi connectivity index (χ0) is 20.5. The molecule has 3 N–H and O–H groups in total. The first-order valence-corrected chi connectivity index (χ1v) is 9.34. The first kappa shape index (κ1) is 18.7. The van der Waals surface area contributed by atoms with E-state index in [0.717, 1.165) is 18.4 Å². The van der Waals surface area contributed by atoms with Crippen molar-refractivity contribution in [2.45, 2.75) is 32.0 Å². The number of fused-ring (bicyclic) bond motifs is 1. The number of benzene rings is 2. The maximum atomic E-state index is 13.1. The molecule has 148 valence electrons. The largest absolute Gasteiger partial charge is 0.366 e. The van der Waals surface area contributed by atoms with Crippen LogP contribution in [0.3, 0.4) is 0 Å². The number of nitrogens with one attached hydrogen (secondary N) is 1. The van der Waals surface area contributed by atoms with Gasteiger partial charge in [-0.3, -0.25) is 23.9 Å². The molecule has 1 heterocycles. The monoisotopic (exact) mass is 392 g/mol. The molecule has 0 spiro atoms. The summed E-state index contributed by atoms with van der Waals surface area (Å²) in [5.74, 6) is -0.707. The summed E-state index contributed by atoms with van der Waals surface area (Å²) in [5, 5.41) is 0.361. The van der Waals surface area contributed by atoms with Crippen LogP contribution in [0.5, 0.6) is 0 Å². The summed E-state index contributed by atoms with van der Waals surface area (Å²) in [4.78, 5) is 52.7. The molecule has 1 fully saturated rings. The summed E-state index contributed by atoms with van der Waals surface area (Å²) in [6.07, 6.45) is 1.82. The molecule has 8 nitrogen and oxygen atoms in total. The quantitative estimate of drug-likeness (QED) is 0.650. The van der Waals surface area contributed by atoms with Crippen LogP contribution in [0.4, 0.5) is 0 Å². The molecule has 1 aromatic heterocycles. The molecule has 2 aromatic carbocycles. The van der Waals surface area contributed by atoms with Crippen molar-refractivity contribution in [1.82, 2.24) is 14.5 Å². The van der Waals surface area contributed by atoms with Crippen molar-refractivity contribution < 1.29 is 9.59 Å². The number of rotatable bonds is 6. The fourth-order valence-electron chi connectivity index (χ4n) is 3.40. The molecule has 8 heteroatoms. The number of aromatic nitrogens is 2. The number of amides is 2. The van der Waals surface area contributed by atoms with Gasteiger partial charge in [0.1, 0.15) is 6.54 Å². The number of carbonyl (C=O) groups is 2. The van der Waals surface area contributed by atoms with Crippen LogP contribution in [0.25, 0.3) is 10.9 Å². The van der Waals surface area contributed by atoms with Gasteiger partial charge in [-0.15, -0.1) is 0 Å². The molecule has 0 aliphatic heterocycles. The Balaban J connectivity index is 1.61. The zero-order valence-corrected chi connectivity index (χ0v) is 15.6. The van der Waals surface area contributed by atoms with Crippen molar-refractivity contribution in [2.24, 2.45) is 5.73 Å². The molecule has 0 bridgehead atoms. The van der Waals surface area contributed by atoms with E-state index in [2.05, 4.69) is 4.98 Å². The summed E-state index contributed by atoms with van der Waals surface area (Å²) >= 11 is 0. The van der Waals surface area contributed by atoms with Crippen molar-refractivity contribution >= 4 is 22.7 Å². The maximum Gasteiger partial charge on any atom is 0.329 e. The van der Waals surface area contributed by atoms with Gasteiger partial charge >= 0.3 is 5.69 Å². The fraction of sp³-hybridized carbons (Fsp3) is 0.238. The third-order valence-corrected chi connectivity index (χ3v) is 5.10. The van der Waals surface area contributed by atoms with E-state index in [-0.39, 0.29) is 18.5 Å². The van der Waals surface area contributed by atoms with Gasteiger partial charge in [-0.25, -0.2) is 4.79 Å². The second-order valence-electron chi connectivity index (χ2n) is 7.18. The lowest BCUT2D eigenvalue weighted by molar-refractivity contribution is -0.133. The number of hydrogen-bond donors (Lipinski definition) is 2. The van der Waals surface area contributed by atoms with Crippen molar-refractivity contribution in [3.05, 3.63) is 80.5 Å². The molecule has 0 saturated heterocycles. The van der Waals surface area contributed by atoms with Crippen LogP contribution in [-0.4, -0.2) is 32.3 Å². The molecular formula is C21H20N4O4. The average Bonchev–Trinajstić information content (AvgIpc) is 3.54. The Morgan fingerprint density at radius 2 is 1.76 bits per heavy atom. The van der Waals surface area contributed by atoms with Crippen LogP contribution in [0.2, 0.25) is 0 Å². The topological polar surface area (TPSA) is 118 Å². The van der Waals surface area contributed by atoms with E-state index in [1.807, 2.05) is 0 Å². The molecule has 2 amide bonds. The number of H-pyrrole nitrogens is 1. The van der Waals surface area contributed by atoms with Gasteiger partial charge in [0.15, 0.2) is 0 Å². The number of nitrogens with zero attached hydrogens (tertiary/aromatic N) is 2. The van der Waals surface area contributed by atoms with Crippen LogP contribution >= 0.6 is 0 Å². The highest BCUT2D eigenvalue weighted by Crippen LogP contribution is 2.29. The number of aromatic amines is 1. The van der Waals surface area contributed by atoms with Crippen molar-refractivity contribution in [3.8, 4) is 0 Å². The van der Waals surface area contributed by atoms with E-state index in [4.69, 9.17) is 5.73 Å². The van der Waals surface area contributed by atoms with Crippen molar-refractivity contribution in [1.29, 1.82) is 0 Å². The molecule has 1 aliphatic rings. The predicted molar refractivity (Wildman–Crippen MR) is 107 cm³/mol. The van der Waals surface area contributed by atoms with Gasteiger partial charge in [0.05, 0.1) is 10.9 Å². The summed E-state index contributed by atoms with van der Waals surface area (Å²) in [7, 11) is 0. The Morgan fingerprint density at radius 3 is 2.41 bits per heavy atom. The highest BCUT2D eigenvalue weighted by atomic mass is 16.2. The fourth-order valence-corrected chi connectivity index (χ4v) is 3.40. The third kappa shape index (κ3) is 3.82. The highest BCUT2D eigenvalue weighted by Gasteiger charge is 2.32. The van der Waals surface area contributed by atoms with Crippen LogP contribution in [0.15, 0.2) is 58.1 Å². The summed E-state index contributed by atoms with van der Waals surface area (Å²) < 4.78 is 1.30. The Hall–Kier alpha value is -3.68. The van der Waals surface area contributed by atoms with Crippen molar-refractivity contribution in [3.63, 3.8) is 0 Å². The smallest absolute Gasteiger partial charge is 0.329 e. The van der Waals surface area contributed by atoms with Gasteiger partial charge in [0, 0.05) is 18.2 Å². The first-order chi connectivity index (χ1) is 13.9. The first-order valence-electron chi connectivity index (χ1n) is 9.34. The summed E-state index contributed by atoms with van der Waals surface area (Å²) in [5.41, 5.74) is 5.89. The third-order valence-electron chi connectivity index (χ3n) is 5.10. The van der Waals surface area contributed by atoms with Gasteiger partial charge in [-0.1, -0.05) is 24.3 Å². The number of primary amides is 1. The Labute approximate surface area is 165 Å². The van der Waals surface area contributed by atoms with Crippen LogP contribution < -0.4 is 17.0 Å². The van der Waals surface area contributed by atoms with Gasteiger partial charge in [0.2, 0.25) is 11.8 Å². The zero-order valence-electron chi connectivity index (χ0n) is 15.6. The van der Waals surface area contributed by atoms with E-state index in [0.29, 0.717) is 23.0 Å². The molecule has 4 rings (SSSR count). The van der Waals surface area contributed by atoms with Gasteiger partial charge in [0.25, 0.3) is 5.56 Å². The number of para-hydroxylation sites is 1. The summed E-state index contributed by atoms with van der Waals surface area (Å²) in [6, 6.07) is 13.6. The SMILES string of the molecule is NC(=O)c1ccc(CN(C(=O)Cn2c(=O)[nH]c(=O)c3ccccc32)C2CC2)cc1. The van der Waals surface area contributed by atoms with E-state index < -0.39 is 17.2 Å². The second kappa shape index (κ2) is 7.38.